The van der Waals surface area contributed by atoms with Gasteiger partial charge in [0.25, 0.3) is 0 Å². The van der Waals surface area contributed by atoms with Crippen LogP contribution in [-0.2, 0) is 38.3 Å². The molecule has 3 aliphatic heterocycles. The summed E-state index contributed by atoms with van der Waals surface area (Å²) in [5.74, 6) is -0.589. The normalized spacial score (nSPS) is 30.1. The minimum Gasteiger partial charge on any atom is -0.444 e. The lowest BCUT2D eigenvalue weighted by molar-refractivity contribution is -0.0769. The maximum Gasteiger partial charge on any atom is 0.407 e. The molecular formula is C41H61NO10S. The number of methoxy groups -OCH3 is 1. The number of aliphatic hydroxyl groups excluding tert-OH is 1. The summed E-state index contributed by atoms with van der Waals surface area (Å²) in [7, 11) is -2.19. The number of ether oxygens (including phenoxy) is 6. The highest BCUT2D eigenvalue weighted by Gasteiger charge is 2.49. The molecule has 12 heteroatoms. The smallest absolute Gasteiger partial charge is 0.407 e. The lowest BCUT2D eigenvalue weighted by Crippen LogP contribution is -2.41. The maximum absolute atomic E-state index is 13.7. The summed E-state index contributed by atoms with van der Waals surface area (Å²) in [5, 5.41) is 13.6. The summed E-state index contributed by atoms with van der Waals surface area (Å²) in [5.41, 5.74) is 1.33. The van der Waals surface area contributed by atoms with E-state index in [1.165, 1.54) is 7.11 Å². The number of carbonyl (C=O) groups excluding carboxylic acids is 1. The van der Waals surface area contributed by atoms with Gasteiger partial charge in [0.15, 0.2) is 9.84 Å². The number of carbonyl (C=O) groups is 1. The topological polar surface area (TPSA) is 139 Å². The molecule has 11 nitrogen and oxygen atoms in total. The van der Waals surface area contributed by atoms with Crippen LogP contribution < -0.4 is 5.32 Å². The van der Waals surface area contributed by atoms with Crippen molar-refractivity contribution in [1.82, 2.24) is 5.32 Å². The van der Waals surface area contributed by atoms with Crippen molar-refractivity contribution in [2.45, 2.75) is 126 Å². The zero-order valence-electron chi connectivity index (χ0n) is 32.1. The Hall–Kier alpha value is -2.84. The number of aliphatic hydroxyl groups is 1. The molecule has 3 saturated heterocycles. The molecule has 4 rings (SSSR count). The van der Waals surface area contributed by atoms with Crippen LogP contribution in [0.5, 0.6) is 0 Å². The predicted molar refractivity (Wildman–Crippen MR) is 204 cm³/mol. The van der Waals surface area contributed by atoms with Gasteiger partial charge < -0.3 is 38.8 Å². The van der Waals surface area contributed by atoms with Crippen LogP contribution in [0.1, 0.15) is 66.2 Å². The van der Waals surface area contributed by atoms with E-state index in [4.69, 9.17) is 28.4 Å². The van der Waals surface area contributed by atoms with Gasteiger partial charge in [0, 0.05) is 38.8 Å². The van der Waals surface area contributed by atoms with E-state index in [1.807, 2.05) is 12.2 Å². The van der Waals surface area contributed by atoms with E-state index in [2.05, 4.69) is 32.0 Å². The number of hydrogen-bond donors (Lipinski definition) is 2. The van der Waals surface area contributed by atoms with E-state index in [-0.39, 0.29) is 53.9 Å². The van der Waals surface area contributed by atoms with Crippen LogP contribution in [0, 0.1) is 11.8 Å². The molecule has 2 N–H and O–H groups in total. The van der Waals surface area contributed by atoms with Gasteiger partial charge in [-0.2, -0.15) is 0 Å². The van der Waals surface area contributed by atoms with Crippen molar-refractivity contribution >= 4 is 15.9 Å². The molecule has 3 fully saturated rings. The van der Waals surface area contributed by atoms with Crippen LogP contribution in [0.2, 0.25) is 0 Å². The van der Waals surface area contributed by atoms with Gasteiger partial charge in [-0.25, -0.2) is 13.2 Å². The maximum atomic E-state index is 13.7. The lowest BCUT2D eigenvalue weighted by Gasteiger charge is -2.38. The third kappa shape index (κ3) is 12.9. The van der Waals surface area contributed by atoms with Gasteiger partial charge in [-0.05, 0) is 69.2 Å². The number of alkyl carbamates (subject to hydrolysis) is 1. The fourth-order valence-corrected chi connectivity index (χ4v) is 9.10. The van der Waals surface area contributed by atoms with Crippen molar-refractivity contribution in [2.24, 2.45) is 11.8 Å². The second-order valence-electron chi connectivity index (χ2n) is 15.5. The highest BCUT2D eigenvalue weighted by molar-refractivity contribution is 7.91. The van der Waals surface area contributed by atoms with Crippen LogP contribution in [0.3, 0.4) is 0 Å². The van der Waals surface area contributed by atoms with Gasteiger partial charge >= 0.3 is 6.09 Å². The fraction of sp³-hybridized carbons (Fsp3) is 0.634. The molecule has 1 aromatic rings. The minimum atomic E-state index is -3.72. The molecule has 1 amide bonds. The molecule has 3 heterocycles. The molecule has 0 spiro atoms. The first-order valence-corrected chi connectivity index (χ1v) is 20.4. The summed E-state index contributed by atoms with van der Waals surface area (Å²) in [6.07, 6.45) is 5.34. The predicted octanol–water partition coefficient (Wildman–Crippen LogP) is 6.13. The summed E-state index contributed by atoms with van der Waals surface area (Å²) in [4.78, 5) is 12.5. The van der Waals surface area contributed by atoms with Crippen LogP contribution in [0.25, 0.3) is 0 Å². The van der Waals surface area contributed by atoms with Gasteiger partial charge in [0.05, 0.1) is 72.7 Å². The summed E-state index contributed by atoms with van der Waals surface area (Å²) in [6, 6.07) is 8.35. The Labute approximate surface area is 316 Å². The molecule has 1 aromatic carbocycles. The number of rotatable bonds is 18. The zero-order chi connectivity index (χ0) is 38.8. The molecular weight excluding hydrogens is 699 g/mol. The van der Waals surface area contributed by atoms with E-state index >= 15 is 0 Å². The SMILES string of the molecule is C=CCOC/C=C/[C@H]1CC(=C)[C@H](CC[C@H]2C[C@@H](C)C(=C)[C@@H](C[C@@H]3O[C@H](CC(O)CNC(=O)OC(C)(C)C)[C@H](OC)[C@H]3CS(=O)(=O)c3ccccc3)O2)O1. The summed E-state index contributed by atoms with van der Waals surface area (Å²) in [6.45, 7) is 20.7. The molecule has 0 aromatic heterocycles. The first kappa shape index (κ1) is 42.9. The number of amides is 1. The fourth-order valence-electron chi connectivity index (χ4n) is 7.42. The molecule has 53 heavy (non-hydrogen) atoms. The van der Waals surface area contributed by atoms with Gasteiger partial charge in [0.2, 0.25) is 0 Å². The van der Waals surface area contributed by atoms with Crippen LogP contribution in [0.4, 0.5) is 4.79 Å². The molecule has 296 valence electrons. The first-order chi connectivity index (χ1) is 25.1. The van der Waals surface area contributed by atoms with Crippen molar-refractivity contribution in [3.8, 4) is 0 Å². The van der Waals surface area contributed by atoms with Gasteiger partial charge in [-0.15, -0.1) is 6.58 Å². The van der Waals surface area contributed by atoms with Crippen molar-refractivity contribution in [2.75, 3.05) is 32.6 Å². The molecule has 3 aliphatic rings. The van der Waals surface area contributed by atoms with Gasteiger partial charge in [0.1, 0.15) is 5.60 Å². The number of hydrogen-bond acceptors (Lipinski definition) is 10. The quantitative estimate of drug-likeness (QED) is 0.133. The lowest BCUT2D eigenvalue weighted by atomic mass is 9.83. The van der Waals surface area contributed by atoms with Gasteiger partial charge in [-0.1, -0.05) is 56.5 Å². The molecule has 0 aliphatic carbocycles. The first-order valence-electron chi connectivity index (χ1n) is 18.7. The third-order valence-corrected chi connectivity index (χ3v) is 11.9. The van der Waals surface area contributed by atoms with Crippen LogP contribution in [0.15, 0.2) is 84.3 Å². The summed E-state index contributed by atoms with van der Waals surface area (Å²) < 4.78 is 63.7. The monoisotopic (exact) mass is 759 g/mol. The van der Waals surface area contributed by atoms with E-state index in [9.17, 15) is 18.3 Å². The Morgan fingerprint density at radius 1 is 1.08 bits per heavy atom. The van der Waals surface area contributed by atoms with Crippen LogP contribution >= 0.6 is 0 Å². The molecule has 0 bridgehead atoms. The van der Waals surface area contributed by atoms with E-state index in [1.54, 1.807) is 57.2 Å². The third-order valence-electron chi connectivity index (χ3n) is 10.1. The van der Waals surface area contributed by atoms with Gasteiger partial charge in [-0.3, -0.25) is 0 Å². The second kappa shape index (κ2) is 19.7. The van der Waals surface area contributed by atoms with Crippen molar-refractivity contribution < 1.29 is 46.7 Å². The molecule has 1 unspecified atom stereocenters. The van der Waals surface area contributed by atoms with Crippen molar-refractivity contribution in [3.63, 3.8) is 0 Å². The second-order valence-corrected chi connectivity index (χ2v) is 17.5. The number of benzene rings is 1. The van der Waals surface area contributed by atoms with Crippen molar-refractivity contribution in [3.05, 3.63) is 79.4 Å². The highest BCUT2D eigenvalue weighted by atomic mass is 32.2. The Bertz CT molecular complexity index is 1510. The average Bonchev–Trinajstić information content (AvgIpc) is 3.61. The Morgan fingerprint density at radius 2 is 1.81 bits per heavy atom. The molecule has 10 atom stereocenters. The van der Waals surface area contributed by atoms with Crippen molar-refractivity contribution in [1.29, 1.82) is 0 Å². The average molecular weight is 760 g/mol. The van der Waals surface area contributed by atoms with E-state index in [0.29, 0.717) is 19.6 Å². The number of sulfone groups is 1. The molecule has 0 saturated carbocycles. The zero-order valence-corrected chi connectivity index (χ0v) is 32.9. The number of nitrogens with one attached hydrogen (secondary N) is 1. The Morgan fingerprint density at radius 3 is 2.49 bits per heavy atom. The Kier molecular flexibility index (Phi) is 15.9. The minimum absolute atomic E-state index is 0.0320. The van der Waals surface area contributed by atoms with E-state index in [0.717, 1.165) is 36.8 Å². The summed E-state index contributed by atoms with van der Waals surface area (Å²) >= 11 is 0. The standard InChI is InChI=1S/C41H61NO10S/c1-9-19-48-20-13-14-31-22-28(3)35(49-31)18-17-32-21-27(2)29(4)36(50-32)24-37-34(26-53(45,46)33-15-11-10-12-16-33)39(47-8)38(51-37)23-30(43)25-42-40(44)52-41(5,6)7/h9-16,27,30-32,34-39,43H,1,3-4,17-26H2,2,5-8H3,(H,42,44)/b14-13+/t27-,30?,31+,32+,34+,35+,36-,37+,38-,39-/m1/s1. The molecule has 0 radical (unpaired) electrons. The Balaban J connectivity index is 1.43. The van der Waals surface area contributed by atoms with Crippen LogP contribution in [-0.4, -0.2) is 107 Å². The largest absolute Gasteiger partial charge is 0.444 e. The highest BCUT2D eigenvalue weighted by Crippen LogP contribution is 2.41. The van der Waals surface area contributed by atoms with E-state index < -0.39 is 51.9 Å².